The van der Waals surface area contributed by atoms with E-state index >= 15 is 0 Å². The largest absolute Gasteiger partial charge is 0.469 e. The van der Waals surface area contributed by atoms with Crippen LogP contribution in [-0.4, -0.2) is 6.04 Å². The smallest absolute Gasteiger partial charge is 0.105 e. The molecule has 0 fully saturated rings. The molecule has 2 rings (SSSR count). The summed E-state index contributed by atoms with van der Waals surface area (Å²) < 4.78 is 5.38. The molecule has 0 saturated heterocycles. The Morgan fingerprint density at radius 2 is 2.11 bits per heavy atom. The Hall–Kier alpha value is -1.06. The molecule has 3 heteroatoms. The highest BCUT2D eigenvalue weighted by Crippen LogP contribution is 2.24. The molecule has 0 aliphatic heterocycles. The number of aryl methyl sites for hydroxylation is 1. The third-order valence-corrected chi connectivity index (χ3v) is 4.49. The van der Waals surface area contributed by atoms with Gasteiger partial charge in [0.15, 0.2) is 0 Å². The van der Waals surface area contributed by atoms with Crippen molar-refractivity contribution in [1.82, 2.24) is 5.32 Å². The molecule has 2 unspecified atom stereocenters. The summed E-state index contributed by atoms with van der Waals surface area (Å²) in [7, 11) is 0. The predicted octanol–water partition coefficient (Wildman–Crippen LogP) is 4.19. The van der Waals surface area contributed by atoms with Crippen LogP contribution in [-0.2, 0) is 12.8 Å². The van der Waals surface area contributed by atoms with Crippen molar-refractivity contribution in [2.75, 3.05) is 0 Å². The number of hydrogen-bond donors (Lipinski definition) is 1. The first kappa shape index (κ1) is 13.4. The van der Waals surface area contributed by atoms with E-state index < -0.39 is 0 Å². The Bertz CT molecular complexity index is 461. The normalized spacial score (nSPS) is 14.6. The fraction of sp³-hybridized carbons (Fsp3) is 0.467. The standard InChI is InChI=1S/C15H21NOS/c1-4-14-7-8-15(18-14)12(3)16-11(2)10-13-6-5-9-17-13/h5-9,11-12,16H,4,10H2,1-3H3. The van der Waals surface area contributed by atoms with Crippen LogP contribution in [0.5, 0.6) is 0 Å². The maximum absolute atomic E-state index is 5.38. The topological polar surface area (TPSA) is 25.2 Å². The van der Waals surface area contributed by atoms with Gasteiger partial charge in [-0.15, -0.1) is 11.3 Å². The van der Waals surface area contributed by atoms with Crippen LogP contribution in [0.4, 0.5) is 0 Å². The Labute approximate surface area is 113 Å². The molecule has 0 saturated carbocycles. The van der Waals surface area contributed by atoms with Gasteiger partial charge in [0.05, 0.1) is 6.26 Å². The molecule has 0 spiro atoms. The van der Waals surface area contributed by atoms with Crippen LogP contribution >= 0.6 is 11.3 Å². The fourth-order valence-electron chi connectivity index (χ4n) is 2.12. The summed E-state index contributed by atoms with van der Waals surface area (Å²) in [5, 5.41) is 3.62. The van der Waals surface area contributed by atoms with Gasteiger partial charge in [0.25, 0.3) is 0 Å². The van der Waals surface area contributed by atoms with Gasteiger partial charge < -0.3 is 9.73 Å². The molecular formula is C15H21NOS. The molecule has 0 bridgehead atoms. The zero-order chi connectivity index (χ0) is 13.0. The number of thiophene rings is 1. The zero-order valence-electron chi connectivity index (χ0n) is 11.3. The van der Waals surface area contributed by atoms with Gasteiger partial charge in [-0.1, -0.05) is 6.92 Å². The van der Waals surface area contributed by atoms with Crippen LogP contribution in [0.25, 0.3) is 0 Å². The van der Waals surface area contributed by atoms with Gasteiger partial charge in [-0.25, -0.2) is 0 Å². The zero-order valence-corrected chi connectivity index (χ0v) is 12.1. The van der Waals surface area contributed by atoms with Crippen molar-refractivity contribution < 1.29 is 4.42 Å². The molecule has 0 amide bonds. The van der Waals surface area contributed by atoms with Crippen LogP contribution in [0.1, 0.15) is 42.3 Å². The highest BCUT2D eigenvalue weighted by Gasteiger charge is 2.12. The third-order valence-electron chi connectivity index (χ3n) is 3.08. The van der Waals surface area contributed by atoms with Crippen LogP contribution < -0.4 is 5.32 Å². The Morgan fingerprint density at radius 3 is 2.72 bits per heavy atom. The molecule has 2 aromatic rings. The molecule has 2 atom stereocenters. The van der Waals surface area contributed by atoms with Crippen molar-refractivity contribution in [3.8, 4) is 0 Å². The van der Waals surface area contributed by atoms with Gasteiger partial charge in [0.1, 0.15) is 5.76 Å². The summed E-state index contributed by atoms with van der Waals surface area (Å²) in [5.41, 5.74) is 0. The van der Waals surface area contributed by atoms with E-state index in [4.69, 9.17) is 4.42 Å². The molecular weight excluding hydrogens is 242 g/mol. The fourth-order valence-corrected chi connectivity index (χ4v) is 3.08. The van der Waals surface area contributed by atoms with Gasteiger partial charge in [0.2, 0.25) is 0 Å². The monoisotopic (exact) mass is 263 g/mol. The molecule has 0 aliphatic carbocycles. The number of furan rings is 1. The molecule has 98 valence electrons. The minimum atomic E-state index is 0.403. The Morgan fingerprint density at radius 1 is 1.28 bits per heavy atom. The van der Waals surface area contributed by atoms with Gasteiger partial charge in [-0.2, -0.15) is 0 Å². The van der Waals surface area contributed by atoms with E-state index in [1.54, 1.807) is 6.26 Å². The van der Waals surface area contributed by atoms with Crippen LogP contribution in [0, 0.1) is 0 Å². The average Bonchev–Trinajstić information content (AvgIpc) is 2.98. The van der Waals surface area contributed by atoms with E-state index in [0.29, 0.717) is 12.1 Å². The first-order chi connectivity index (χ1) is 8.69. The van der Waals surface area contributed by atoms with Crippen molar-refractivity contribution >= 4 is 11.3 Å². The van der Waals surface area contributed by atoms with Gasteiger partial charge in [-0.05, 0) is 44.5 Å². The molecule has 2 aromatic heterocycles. The third kappa shape index (κ3) is 3.47. The predicted molar refractivity (Wildman–Crippen MR) is 77.1 cm³/mol. The molecule has 0 aromatic carbocycles. The first-order valence-electron chi connectivity index (χ1n) is 6.56. The molecule has 1 N–H and O–H groups in total. The lowest BCUT2D eigenvalue weighted by Crippen LogP contribution is -2.30. The minimum Gasteiger partial charge on any atom is -0.469 e. The quantitative estimate of drug-likeness (QED) is 0.845. The van der Waals surface area contributed by atoms with Gasteiger partial charge in [-0.3, -0.25) is 0 Å². The highest BCUT2D eigenvalue weighted by molar-refractivity contribution is 7.12. The van der Waals surface area contributed by atoms with Gasteiger partial charge >= 0.3 is 0 Å². The van der Waals surface area contributed by atoms with E-state index in [9.17, 15) is 0 Å². The Kier molecular flexibility index (Phi) is 4.61. The van der Waals surface area contributed by atoms with Crippen molar-refractivity contribution in [2.45, 2.75) is 45.7 Å². The molecule has 0 radical (unpaired) electrons. The van der Waals surface area contributed by atoms with E-state index in [0.717, 1.165) is 18.6 Å². The van der Waals surface area contributed by atoms with Crippen molar-refractivity contribution in [2.24, 2.45) is 0 Å². The minimum absolute atomic E-state index is 0.403. The molecule has 2 nitrogen and oxygen atoms in total. The number of nitrogens with one attached hydrogen (secondary N) is 1. The SMILES string of the molecule is CCc1ccc(C(C)NC(C)Cc2ccco2)s1. The summed E-state index contributed by atoms with van der Waals surface area (Å²) in [5.74, 6) is 1.04. The lowest BCUT2D eigenvalue weighted by Gasteiger charge is -2.18. The summed E-state index contributed by atoms with van der Waals surface area (Å²) >= 11 is 1.90. The molecule has 2 heterocycles. The van der Waals surface area contributed by atoms with Crippen LogP contribution in [0.2, 0.25) is 0 Å². The second kappa shape index (κ2) is 6.21. The lowest BCUT2D eigenvalue weighted by molar-refractivity contribution is 0.431. The van der Waals surface area contributed by atoms with E-state index in [-0.39, 0.29) is 0 Å². The van der Waals surface area contributed by atoms with E-state index in [2.05, 4.69) is 38.2 Å². The van der Waals surface area contributed by atoms with Gasteiger partial charge in [0, 0.05) is 28.3 Å². The Balaban J connectivity index is 1.88. The van der Waals surface area contributed by atoms with E-state index in [1.165, 1.54) is 9.75 Å². The number of rotatable bonds is 6. The highest BCUT2D eigenvalue weighted by atomic mass is 32.1. The van der Waals surface area contributed by atoms with E-state index in [1.807, 2.05) is 23.5 Å². The summed E-state index contributed by atoms with van der Waals surface area (Å²) in [6.45, 7) is 6.63. The average molecular weight is 263 g/mol. The summed E-state index contributed by atoms with van der Waals surface area (Å²) in [6.07, 6.45) is 3.79. The molecule has 18 heavy (non-hydrogen) atoms. The second-order valence-electron chi connectivity index (χ2n) is 4.73. The van der Waals surface area contributed by atoms with Crippen molar-refractivity contribution in [3.05, 3.63) is 46.0 Å². The van der Waals surface area contributed by atoms with Crippen LogP contribution in [0.15, 0.2) is 34.9 Å². The van der Waals surface area contributed by atoms with Crippen molar-refractivity contribution in [3.63, 3.8) is 0 Å². The maximum Gasteiger partial charge on any atom is 0.105 e. The summed E-state index contributed by atoms with van der Waals surface area (Å²) in [6, 6.07) is 9.26. The number of hydrogen-bond acceptors (Lipinski definition) is 3. The maximum atomic E-state index is 5.38. The van der Waals surface area contributed by atoms with Crippen molar-refractivity contribution in [1.29, 1.82) is 0 Å². The second-order valence-corrected chi connectivity index (χ2v) is 5.93. The lowest BCUT2D eigenvalue weighted by atomic mass is 10.1. The molecule has 0 aliphatic rings. The summed E-state index contributed by atoms with van der Waals surface area (Å²) in [4.78, 5) is 2.87. The van der Waals surface area contributed by atoms with Crippen LogP contribution in [0.3, 0.4) is 0 Å². The first-order valence-corrected chi connectivity index (χ1v) is 7.37.